The molecular formula is C27H23ClFN5O4. The first-order chi connectivity index (χ1) is 18.4. The number of nitrogens with zero attached hydrogens (tertiary/aromatic N) is 3. The molecule has 0 bridgehead atoms. The lowest BCUT2D eigenvalue weighted by molar-refractivity contribution is -0.116. The fourth-order valence-corrected chi connectivity index (χ4v) is 4.28. The number of benzene rings is 1. The number of halogens is 2. The highest BCUT2D eigenvalue weighted by molar-refractivity contribution is 6.35. The van der Waals surface area contributed by atoms with Gasteiger partial charge in [0.05, 0.1) is 42.2 Å². The molecule has 0 radical (unpaired) electrons. The van der Waals surface area contributed by atoms with E-state index in [0.29, 0.717) is 65.1 Å². The van der Waals surface area contributed by atoms with Crippen molar-refractivity contribution in [1.82, 2.24) is 20.2 Å². The highest BCUT2D eigenvalue weighted by atomic mass is 35.5. The number of hydrogen-bond donors (Lipinski definition) is 2. The second-order valence-electron chi connectivity index (χ2n) is 8.61. The van der Waals surface area contributed by atoms with E-state index >= 15 is 0 Å². The molecule has 2 amide bonds. The molecule has 0 aliphatic carbocycles. The Morgan fingerprint density at radius 3 is 2.71 bits per heavy atom. The van der Waals surface area contributed by atoms with Gasteiger partial charge >= 0.3 is 0 Å². The third-order valence-electron chi connectivity index (χ3n) is 5.98. The first-order valence-electron chi connectivity index (χ1n) is 11.8. The van der Waals surface area contributed by atoms with Gasteiger partial charge < -0.3 is 25.1 Å². The topological polar surface area (TPSA) is 124 Å². The number of anilines is 1. The van der Waals surface area contributed by atoms with Gasteiger partial charge in [-0.15, -0.1) is 0 Å². The van der Waals surface area contributed by atoms with E-state index in [1.807, 2.05) is 0 Å². The number of fused-ring (bicyclic) bond motifs is 1. The number of nitrogen functional groups attached to an aromatic ring is 1. The third-order valence-corrected chi connectivity index (χ3v) is 6.26. The average molecular weight is 536 g/mol. The largest absolute Gasteiger partial charge is 0.458 e. The zero-order valence-corrected chi connectivity index (χ0v) is 20.9. The molecule has 11 heteroatoms. The van der Waals surface area contributed by atoms with Crippen LogP contribution in [0.2, 0.25) is 5.02 Å². The van der Waals surface area contributed by atoms with E-state index in [1.165, 1.54) is 12.1 Å². The van der Waals surface area contributed by atoms with Gasteiger partial charge in [0.15, 0.2) is 11.4 Å². The molecule has 4 aromatic rings. The van der Waals surface area contributed by atoms with Crippen molar-refractivity contribution in [2.75, 3.05) is 32.0 Å². The molecule has 1 aromatic carbocycles. The minimum Gasteiger partial charge on any atom is -0.458 e. The Morgan fingerprint density at radius 1 is 1.13 bits per heavy atom. The molecule has 0 spiro atoms. The van der Waals surface area contributed by atoms with Crippen LogP contribution in [0.3, 0.4) is 0 Å². The van der Waals surface area contributed by atoms with Crippen LogP contribution in [0.4, 0.5) is 10.2 Å². The Bertz CT molecular complexity index is 1530. The molecule has 0 atom stereocenters. The van der Waals surface area contributed by atoms with Gasteiger partial charge in [-0.1, -0.05) is 11.6 Å². The van der Waals surface area contributed by atoms with E-state index in [2.05, 4.69) is 15.3 Å². The molecule has 1 fully saturated rings. The van der Waals surface area contributed by atoms with Gasteiger partial charge in [-0.05, 0) is 48.0 Å². The number of hydrogen-bond acceptors (Lipinski definition) is 7. The van der Waals surface area contributed by atoms with Crippen LogP contribution >= 0.6 is 11.6 Å². The van der Waals surface area contributed by atoms with Crippen LogP contribution < -0.4 is 11.1 Å². The third kappa shape index (κ3) is 5.66. The summed E-state index contributed by atoms with van der Waals surface area (Å²) in [6, 6.07) is 10.0. The highest BCUT2D eigenvalue weighted by Gasteiger charge is 2.23. The van der Waals surface area contributed by atoms with Crippen LogP contribution in [-0.2, 0) is 16.1 Å². The fourth-order valence-electron chi connectivity index (χ4n) is 4.02. The van der Waals surface area contributed by atoms with Crippen LogP contribution in [0.15, 0.2) is 59.3 Å². The van der Waals surface area contributed by atoms with Crippen molar-refractivity contribution in [3.8, 4) is 11.3 Å². The molecule has 194 valence electrons. The van der Waals surface area contributed by atoms with Crippen LogP contribution in [0, 0.1) is 5.82 Å². The van der Waals surface area contributed by atoms with Crippen LogP contribution in [0.5, 0.6) is 0 Å². The molecule has 0 unspecified atom stereocenters. The van der Waals surface area contributed by atoms with Gasteiger partial charge in [-0.25, -0.2) is 9.37 Å². The molecule has 38 heavy (non-hydrogen) atoms. The summed E-state index contributed by atoms with van der Waals surface area (Å²) in [5.41, 5.74) is 7.66. The monoisotopic (exact) mass is 535 g/mol. The number of carbonyl (C=O) groups is 2. The molecule has 3 N–H and O–H groups in total. The van der Waals surface area contributed by atoms with Crippen molar-refractivity contribution in [3.63, 3.8) is 0 Å². The molecule has 1 saturated heterocycles. The van der Waals surface area contributed by atoms with Gasteiger partial charge in [0.1, 0.15) is 11.6 Å². The molecular weight excluding hydrogens is 513 g/mol. The lowest BCUT2D eigenvalue weighted by Crippen LogP contribution is -2.41. The van der Waals surface area contributed by atoms with E-state index in [4.69, 9.17) is 26.5 Å². The minimum absolute atomic E-state index is 0.0634. The number of ether oxygens (including phenoxy) is 1. The Labute approximate surface area is 222 Å². The summed E-state index contributed by atoms with van der Waals surface area (Å²) >= 11 is 6.47. The first kappa shape index (κ1) is 25.4. The number of carbonyl (C=O) groups excluding carboxylic acids is 2. The summed E-state index contributed by atoms with van der Waals surface area (Å²) in [6.07, 6.45) is 5.61. The van der Waals surface area contributed by atoms with E-state index in [9.17, 15) is 14.0 Å². The lowest BCUT2D eigenvalue weighted by Gasteiger charge is -2.27. The van der Waals surface area contributed by atoms with Gasteiger partial charge in [0.2, 0.25) is 5.91 Å². The first-order valence-corrected chi connectivity index (χ1v) is 12.2. The Kier molecular flexibility index (Phi) is 7.34. The molecule has 1 aliphatic heterocycles. The summed E-state index contributed by atoms with van der Waals surface area (Å²) < 4.78 is 25.6. The second kappa shape index (κ2) is 11.0. The van der Waals surface area contributed by atoms with Crippen molar-refractivity contribution < 1.29 is 23.1 Å². The number of morpholine rings is 1. The molecule has 9 nitrogen and oxygen atoms in total. The van der Waals surface area contributed by atoms with Crippen molar-refractivity contribution in [1.29, 1.82) is 0 Å². The van der Waals surface area contributed by atoms with E-state index in [1.54, 1.807) is 47.5 Å². The van der Waals surface area contributed by atoms with Gasteiger partial charge in [-0.2, -0.15) is 0 Å². The number of rotatable bonds is 6. The predicted molar refractivity (Wildman–Crippen MR) is 141 cm³/mol. The maximum atomic E-state index is 14.5. The summed E-state index contributed by atoms with van der Waals surface area (Å²) in [6.45, 7) is 1.76. The van der Waals surface area contributed by atoms with Crippen LogP contribution in [0.1, 0.15) is 21.7 Å². The Hall–Kier alpha value is -4.28. The number of nitrogens with two attached hydrogens (primary N) is 1. The molecule has 0 saturated carbocycles. The number of amides is 2. The number of furan rings is 1. The summed E-state index contributed by atoms with van der Waals surface area (Å²) in [5.74, 6) is -0.534. The second-order valence-corrected chi connectivity index (χ2v) is 9.02. The van der Waals surface area contributed by atoms with Crippen LogP contribution in [0.25, 0.3) is 28.3 Å². The number of nitrogens with one attached hydrogen (secondary N) is 1. The zero-order valence-electron chi connectivity index (χ0n) is 20.1. The van der Waals surface area contributed by atoms with Crippen molar-refractivity contribution in [2.45, 2.75) is 6.54 Å². The van der Waals surface area contributed by atoms with Crippen molar-refractivity contribution >= 4 is 46.3 Å². The predicted octanol–water partition coefficient (Wildman–Crippen LogP) is 4.07. The number of aromatic nitrogens is 2. The van der Waals surface area contributed by atoms with Gasteiger partial charge in [0, 0.05) is 36.3 Å². The molecule has 3 aromatic heterocycles. The number of pyridine rings is 2. The Morgan fingerprint density at radius 2 is 1.95 bits per heavy atom. The molecule has 1 aliphatic rings. The highest BCUT2D eigenvalue weighted by Crippen LogP contribution is 2.33. The zero-order chi connectivity index (χ0) is 26.6. The van der Waals surface area contributed by atoms with E-state index in [-0.39, 0.29) is 18.0 Å². The van der Waals surface area contributed by atoms with Crippen molar-refractivity contribution in [3.05, 3.63) is 82.6 Å². The molecule has 5 rings (SSSR count). The quantitative estimate of drug-likeness (QED) is 0.357. The normalized spacial score (nSPS) is 13.8. The molecule has 4 heterocycles. The average Bonchev–Trinajstić information content (AvgIpc) is 3.36. The summed E-state index contributed by atoms with van der Waals surface area (Å²) in [4.78, 5) is 34.8. The summed E-state index contributed by atoms with van der Waals surface area (Å²) in [5, 5.41) is 3.74. The lowest BCUT2D eigenvalue weighted by atomic mass is 10.1. The minimum atomic E-state index is -0.694. The maximum Gasteiger partial charge on any atom is 0.257 e. The van der Waals surface area contributed by atoms with Gasteiger partial charge in [0.25, 0.3) is 5.91 Å². The SMILES string of the molecule is Nc1ccc(C=CC(=O)NCc2cc3cc(-c4cc(C(=O)N5CCOCC5)c(F)cn4)cc(Cl)c3o2)cn1. The Balaban J connectivity index is 1.32. The summed E-state index contributed by atoms with van der Waals surface area (Å²) in [7, 11) is 0. The maximum absolute atomic E-state index is 14.5. The van der Waals surface area contributed by atoms with Crippen LogP contribution in [-0.4, -0.2) is 53.0 Å². The van der Waals surface area contributed by atoms with E-state index in [0.717, 1.165) is 11.8 Å². The smallest absolute Gasteiger partial charge is 0.257 e. The standard InChI is InChI=1S/C27H23ClFN5O4/c28-21-11-17(23-12-20(22(29)15-31-23)27(36)34-5-7-37-8-6-34)9-18-10-19(38-26(18)21)14-33-25(35)4-2-16-1-3-24(30)32-13-16/h1-4,9-13,15H,5-8,14H2,(H2,30,32)(H,33,35). The van der Waals surface area contributed by atoms with Crippen molar-refractivity contribution in [2.24, 2.45) is 0 Å². The fraction of sp³-hybridized carbons (Fsp3) is 0.185. The van der Waals surface area contributed by atoms with Gasteiger partial charge in [-0.3, -0.25) is 14.6 Å². The van der Waals surface area contributed by atoms with E-state index < -0.39 is 11.7 Å².